The Labute approximate surface area is 149 Å². The van der Waals surface area contributed by atoms with Gasteiger partial charge in [-0.1, -0.05) is 45.0 Å². The monoisotopic (exact) mass is 360 g/mol. The van der Waals surface area contributed by atoms with Crippen LogP contribution in [0.4, 0.5) is 5.69 Å². The molecule has 2 aromatic carbocycles. The van der Waals surface area contributed by atoms with Crippen LogP contribution in [-0.2, 0) is 15.4 Å². The van der Waals surface area contributed by atoms with Crippen LogP contribution in [0.3, 0.4) is 0 Å². The number of hydrogen-bond acceptors (Lipinski definition) is 3. The number of carbonyl (C=O) groups excluding carboxylic acids is 1. The first-order valence-electron chi connectivity index (χ1n) is 7.97. The fourth-order valence-electron chi connectivity index (χ4n) is 2.45. The molecular formula is C19H24N2O3S. The highest BCUT2D eigenvalue weighted by atomic mass is 32.2. The zero-order valence-corrected chi connectivity index (χ0v) is 16.0. The van der Waals surface area contributed by atoms with Gasteiger partial charge in [0.25, 0.3) is 5.91 Å². The van der Waals surface area contributed by atoms with Crippen LogP contribution in [0.15, 0.2) is 53.4 Å². The third-order valence-electron chi connectivity index (χ3n) is 3.86. The highest BCUT2D eigenvalue weighted by Crippen LogP contribution is 2.29. The molecule has 0 radical (unpaired) electrons. The molecule has 6 heteroatoms. The summed E-state index contributed by atoms with van der Waals surface area (Å²) in [7, 11) is -0.664. The first kappa shape index (κ1) is 19.1. The smallest absolute Gasteiger partial charge is 0.255 e. The molecule has 0 fully saturated rings. The molecule has 0 atom stereocenters. The Bertz CT molecular complexity index is 882. The predicted molar refractivity (Wildman–Crippen MR) is 100 cm³/mol. The molecule has 0 aliphatic rings. The minimum Gasteiger partial charge on any atom is -0.322 e. The zero-order valence-electron chi connectivity index (χ0n) is 15.2. The summed E-state index contributed by atoms with van der Waals surface area (Å²) in [6.07, 6.45) is 0. The molecule has 5 nitrogen and oxygen atoms in total. The quantitative estimate of drug-likeness (QED) is 0.908. The minimum atomic E-state index is -3.58. The van der Waals surface area contributed by atoms with E-state index in [1.807, 2.05) is 24.3 Å². The second-order valence-electron chi connectivity index (χ2n) is 7.06. The van der Waals surface area contributed by atoms with Crippen LogP contribution in [0, 0.1) is 0 Å². The summed E-state index contributed by atoms with van der Waals surface area (Å²) in [6.45, 7) is 6.22. The van der Waals surface area contributed by atoms with Crippen LogP contribution in [0.1, 0.15) is 36.7 Å². The van der Waals surface area contributed by atoms with Gasteiger partial charge in [-0.15, -0.1) is 0 Å². The van der Waals surface area contributed by atoms with Crippen molar-refractivity contribution in [2.75, 3.05) is 19.4 Å². The first-order valence-corrected chi connectivity index (χ1v) is 9.41. The summed E-state index contributed by atoms with van der Waals surface area (Å²) >= 11 is 0. The molecule has 25 heavy (non-hydrogen) atoms. The molecule has 1 amide bonds. The van der Waals surface area contributed by atoms with Crippen molar-refractivity contribution in [1.29, 1.82) is 0 Å². The summed E-state index contributed by atoms with van der Waals surface area (Å²) in [4.78, 5) is 12.7. The van der Waals surface area contributed by atoms with Gasteiger partial charge in [0, 0.05) is 25.3 Å². The molecule has 0 heterocycles. The van der Waals surface area contributed by atoms with E-state index in [1.165, 1.54) is 26.2 Å². The van der Waals surface area contributed by atoms with Gasteiger partial charge in [0.05, 0.1) is 4.90 Å². The van der Waals surface area contributed by atoms with Gasteiger partial charge >= 0.3 is 0 Å². The average molecular weight is 360 g/mol. The number of para-hydroxylation sites is 1. The van der Waals surface area contributed by atoms with Crippen molar-refractivity contribution < 1.29 is 13.2 Å². The Morgan fingerprint density at radius 2 is 1.64 bits per heavy atom. The van der Waals surface area contributed by atoms with Crippen molar-refractivity contribution in [3.63, 3.8) is 0 Å². The number of nitrogens with zero attached hydrogens (tertiary/aromatic N) is 1. The van der Waals surface area contributed by atoms with Crippen molar-refractivity contribution in [2.45, 2.75) is 31.1 Å². The zero-order chi connectivity index (χ0) is 18.8. The molecule has 0 saturated heterocycles. The Kier molecular flexibility index (Phi) is 5.34. The van der Waals surface area contributed by atoms with Gasteiger partial charge in [-0.3, -0.25) is 4.79 Å². The number of rotatable bonds is 4. The molecular weight excluding hydrogens is 336 g/mol. The lowest BCUT2D eigenvalue weighted by Gasteiger charge is -2.23. The number of hydrogen-bond donors (Lipinski definition) is 1. The molecule has 0 spiro atoms. The molecule has 2 aromatic rings. The van der Waals surface area contributed by atoms with Crippen LogP contribution >= 0.6 is 0 Å². The topological polar surface area (TPSA) is 66.5 Å². The van der Waals surface area contributed by atoms with E-state index in [0.717, 1.165) is 15.6 Å². The number of nitrogens with one attached hydrogen (secondary N) is 1. The van der Waals surface area contributed by atoms with Crippen LogP contribution in [0.25, 0.3) is 0 Å². The van der Waals surface area contributed by atoms with E-state index in [-0.39, 0.29) is 16.2 Å². The lowest BCUT2D eigenvalue weighted by molar-refractivity contribution is 0.102. The van der Waals surface area contributed by atoms with Gasteiger partial charge in [0.1, 0.15) is 0 Å². The minimum absolute atomic E-state index is 0.0919. The van der Waals surface area contributed by atoms with Crippen molar-refractivity contribution in [3.05, 3.63) is 59.7 Å². The molecule has 1 N–H and O–H groups in total. The van der Waals surface area contributed by atoms with E-state index in [9.17, 15) is 13.2 Å². The molecule has 0 unspecified atom stereocenters. The third-order valence-corrected chi connectivity index (χ3v) is 5.67. The number of amides is 1. The first-order chi connectivity index (χ1) is 11.5. The van der Waals surface area contributed by atoms with Crippen LogP contribution in [0.2, 0.25) is 0 Å². The summed E-state index contributed by atoms with van der Waals surface area (Å²) in [6, 6.07) is 13.7. The second kappa shape index (κ2) is 6.98. The summed E-state index contributed by atoms with van der Waals surface area (Å²) < 4.78 is 25.6. The lowest BCUT2D eigenvalue weighted by atomic mass is 9.86. The average Bonchev–Trinajstić information content (AvgIpc) is 2.54. The molecule has 0 aliphatic carbocycles. The highest BCUT2D eigenvalue weighted by molar-refractivity contribution is 7.89. The van der Waals surface area contributed by atoms with E-state index in [2.05, 4.69) is 26.1 Å². The molecule has 0 saturated carbocycles. The van der Waals surface area contributed by atoms with Gasteiger partial charge in [0.2, 0.25) is 10.0 Å². The second-order valence-corrected chi connectivity index (χ2v) is 9.22. The maximum absolute atomic E-state index is 12.6. The van der Waals surface area contributed by atoms with E-state index in [4.69, 9.17) is 0 Å². The molecule has 0 aliphatic heterocycles. The van der Waals surface area contributed by atoms with Gasteiger partial charge < -0.3 is 5.32 Å². The van der Waals surface area contributed by atoms with Crippen LogP contribution < -0.4 is 5.32 Å². The Hall–Kier alpha value is -2.18. The lowest BCUT2D eigenvalue weighted by Crippen LogP contribution is -2.23. The highest BCUT2D eigenvalue weighted by Gasteiger charge is 2.21. The largest absolute Gasteiger partial charge is 0.322 e. The maximum atomic E-state index is 12.6. The normalized spacial score (nSPS) is 12.2. The van der Waals surface area contributed by atoms with Crippen LogP contribution in [-0.4, -0.2) is 32.7 Å². The van der Waals surface area contributed by atoms with Gasteiger partial charge in [-0.05, 0) is 35.2 Å². The Morgan fingerprint density at radius 3 is 2.24 bits per heavy atom. The fourth-order valence-corrected chi connectivity index (χ4v) is 3.40. The predicted octanol–water partition coefficient (Wildman–Crippen LogP) is 3.49. The maximum Gasteiger partial charge on any atom is 0.255 e. The van der Waals surface area contributed by atoms with E-state index in [0.29, 0.717) is 5.56 Å². The van der Waals surface area contributed by atoms with Gasteiger partial charge in [-0.2, -0.15) is 0 Å². The van der Waals surface area contributed by atoms with Crippen molar-refractivity contribution >= 4 is 21.6 Å². The number of benzene rings is 2. The summed E-state index contributed by atoms with van der Waals surface area (Å²) in [5.74, 6) is -0.340. The van der Waals surface area contributed by atoms with E-state index < -0.39 is 10.0 Å². The molecule has 134 valence electrons. The van der Waals surface area contributed by atoms with E-state index >= 15 is 0 Å². The van der Waals surface area contributed by atoms with Crippen molar-refractivity contribution in [2.24, 2.45) is 0 Å². The van der Waals surface area contributed by atoms with Crippen molar-refractivity contribution in [3.8, 4) is 0 Å². The number of anilines is 1. The fraction of sp³-hybridized carbons (Fsp3) is 0.316. The molecule has 2 rings (SSSR count). The summed E-state index contributed by atoms with van der Waals surface area (Å²) in [5.41, 5.74) is 1.91. The van der Waals surface area contributed by atoms with Crippen LogP contribution in [0.5, 0.6) is 0 Å². The number of sulfonamides is 1. The Morgan fingerprint density at radius 1 is 1.00 bits per heavy atom. The van der Waals surface area contributed by atoms with Crippen molar-refractivity contribution in [1.82, 2.24) is 4.31 Å². The summed E-state index contributed by atoms with van der Waals surface area (Å²) in [5, 5.41) is 2.89. The standard InChI is InChI=1S/C19H24N2O3S/c1-19(2,3)16-11-6-7-12-17(16)20-18(22)14-9-8-10-15(13-14)25(23,24)21(4)5/h6-13H,1-5H3,(H,20,22). The molecule has 0 bridgehead atoms. The SMILES string of the molecule is CN(C)S(=O)(=O)c1cccc(C(=O)Nc2ccccc2C(C)(C)C)c1. The number of carbonyl (C=O) groups is 1. The molecule has 0 aromatic heterocycles. The van der Waals surface area contributed by atoms with Gasteiger partial charge in [-0.25, -0.2) is 12.7 Å². The van der Waals surface area contributed by atoms with Gasteiger partial charge in [0.15, 0.2) is 0 Å². The van der Waals surface area contributed by atoms with E-state index in [1.54, 1.807) is 12.1 Å². The third kappa shape index (κ3) is 4.27. The Balaban J connectivity index is 2.35.